The van der Waals surface area contributed by atoms with E-state index in [0.717, 1.165) is 12.2 Å². The summed E-state index contributed by atoms with van der Waals surface area (Å²) in [5.41, 5.74) is 1.59. The monoisotopic (exact) mass is 286 g/mol. The predicted molar refractivity (Wildman–Crippen MR) is 90.4 cm³/mol. The number of benzene rings is 1. The molecule has 0 saturated carbocycles. The van der Waals surface area contributed by atoms with Crippen molar-refractivity contribution in [2.45, 2.75) is 45.7 Å². The van der Waals surface area contributed by atoms with Gasteiger partial charge in [-0.25, -0.2) is 0 Å². The van der Waals surface area contributed by atoms with Crippen LogP contribution in [0.1, 0.15) is 32.6 Å². The van der Waals surface area contributed by atoms with Crippen LogP contribution in [-0.4, -0.2) is 15.2 Å². The quantitative estimate of drug-likeness (QED) is 0.695. The molecule has 1 aromatic carbocycles. The topological polar surface area (TPSA) is 9.23 Å². The molecule has 0 atom stereocenters. The number of allylic oxidation sites excluding steroid dienone is 4. The predicted octanol–water partition coefficient (Wildman–Crippen LogP) is 4.60. The van der Waals surface area contributed by atoms with E-state index in [-0.39, 0.29) is 0 Å². The molecule has 20 heavy (non-hydrogen) atoms. The average Bonchev–Trinajstić information content (AvgIpc) is 2.94. The normalized spacial score (nSPS) is 15.0. The van der Waals surface area contributed by atoms with Gasteiger partial charge in [-0.15, -0.1) is 0 Å². The highest BCUT2D eigenvalue weighted by molar-refractivity contribution is 6.96. The van der Waals surface area contributed by atoms with Gasteiger partial charge in [0.25, 0.3) is 0 Å². The molecule has 0 heterocycles. The number of rotatable bonds is 6. The number of unbranched alkanes of at least 4 members (excludes halogenated alkanes) is 1. The van der Waals surface area contributed by atoms with Gasteiger partial charge in [0, 0.05) is 0 Å². The minimum atomic E-state index is -1.63. The van der Waals surface area contributed by atoms with Gasteiger partial charge in [0.15, 0.2) is 0 Å². The van der Waals surface area contributed by atoms with E-state index in [4.69, 9.17) is 4.74 Å². The van der Waals surface area contributed by atoms with Gasteiger partial charge >= 0.3 is 0 Å². The molecule has 0 radical (unpaired) electrons. The van der Waals surface area contributed by atoms with Crippen molar-refractivity contribution in [1.82, 2.24) is 0 Å². The molecular formula is C18H26OSi. The lowest BCUT2D eigenvalue weighted by atomic mass is 10.1. The van der Waals surface area contributed by atoms with Crippen LogP contribution in [-0.2, 0) is 0 Å². The summed E-state index contributed by atoms with van der Waals surface area (Å²) < 4.78 is 5.60. The highest BCUT2D eigenvalue weighted by atomic mass is 28.3. The zero-order valence-corrected chi connectivity index (χ0v) is 14.2. The van der Waals surface area contributed by atoms with Crippen molar-refractivity contribution in [3.05, 3.63) is 47.2 Å². The second-order valence-corrected chi connectivity index (χ2v) is 10.4. The van der Waals surface area contributed by atoms with Gasteiger partial charge in [-0.3, -0.25) is 0 Å². The fourth-order valence-electron chi connectivity index (χ4n) is 3.13. The summed E-state index contributed by atoms with van der Waals surface area (Å²) in [5, 5.41) is 3.12. The third-order valence-corrected chi connectivity index (χ3v) is 8.16. The third-order valence-electron chi connectivity index (χ3n) is 4.36. The molecule has 0 aromatic heterocycles. The Balaban J connectivity index is 2.38. The molecular weight excluding hydrogens is 260 g/mol. The molecule has 0 unspecified atom stereocenters. The van der Waals surface area contributed by atoms with Gasteiger partial charge in [-0.1, -0.05) is 67.6 Å². The molecule has 1 nitrogen and oxygen atoms in total. The number of methoxy groups -OCH3 is 1. The first kappa shape index (κ1) is 15.1. The molecule has 2 heteroatoms. The van der Waals surface area contributed by atoms with Crippen molar-refractivity contribution in [3.8, 4) is 5.75 Å². The number of hydrogen-bond acceptors (Lipinski definition) is 1. The summed E-state index contributed by atoms with van der Waals surface area (Å²) in [6.07, 6.45) is 9.62. The van der Waals surface area contributed by atoms with Crippen molar-refractivity contribution in [2.24, 2.45) is 0 Å². The molecule has 0 fully saturated rings. The second-order valence-electron chi connectivity index (χ2n) is 6.04. The molecule has 2 rings (SSSR count). The Morgan fingerprint density at radius 3 is 2.65 bits per heavy atom. The molecule has 0 bridgehead atoms. The van der Waals surface area contributed by atoms with Crippen LogP contribution in [0.4, 0.5) is 0 Å². The average molecular weight is 286 g/mol. The van der Waals surface area contributed by atoms with E-state index in [9.17, 15) is 0 Å². The summed E-state index contributed by atoms with van der Waals surface area (Å²) in [4.78, 5) is 0. The van der Waals surface area contributed by atoms with Crippen LogP contribution in [0.2, 0.25) is 13.1 Å². The van der Waals surface area contributed by atoms with Crippen molar-refractivity contribution in [1.29, 1.82) is 0 Å². The van der Waals surface area contributed by atoms with E-state index in [0.29, 0.717) is 0 Å². The van der Waals surface area contributed by atoms with Gasteiger partial charge in [-0.2, -0.15) is 0 Å². The van der Waals surface area contributed by atoms with Crippen LogP contribution in [0.3, 0.4) is 0 Å². The molecule has 1 aromatic rings. The van der Waals surface area contributed by atoms with Gasteiger partial charge < -0.3 is 4.74 Å². The molecule has 0 amide bonds. The van der Waals surface area contributed by atoms with E-state index in [1.54, 1.807) is 17.9 Å². The van der Waals surface area contributed by atoms with Crippen LogP contribution >= 0.6 is 0 Å². The van der Waals surface area contributed by atoms with E-state index in [2.05, 4.69) is 56.4 Å². The van der Waals surface area contributed by atoms with Crippen molar-refractivity contribution in [3.63, 3.8) is 0 Å². The maximum absolute atomic E-state index is 5.60. The molecule has 0 aliphatic heterocycles. The van der Waals surface area contributed by atoms with Gasteiger partial charge in [-0.05, 0) is 30.5 Å². The lowest BCUT2D eigenvalue weighted by molar-refractivity contribution is 0.418. The van der Waals surface area contributed by atoms with E-state index in [1.807, 2.05) is 0 Å². The molecule has 0 saturated heterocycles. The fourth-order valence-corrected chi connectivity index (χ4v) is 6.41. The third kappa shape index (κ3) is 2.90. The van der Waals surface area contributed by atoms with Crippen LogP contribution in [0.25, 0.3) is 0 Å². The molecule has 108 valence electrons. The highest BCUT2D eigenvalue weighted by Crippen LogP contribution is 2.32. The Kier molecular flexibility index (Phi) is 4.87. The van der Waals surface area contributed by atoms with Crippen molar-refractivity contribution < 1.29 is 4.74 Å². The molecule has 0 N–H and O–H groups in total. The minimum Gasteiger partial charge on any atom is -0.497 e. The fraction of sp³-hybridized carbons (Fsp3) is 0.444. The van der Waals surface area contributed by atoms with Crippen LogP contribution in [0, 0.1) is 0 Å². The first-order valence-corrected chi connectivity index (χ1v) is 10.6. The summed E-state index contributed by atoms with van der Waals surface area (Å²) in [6.45, 7) is 7.18. The van der Waals surface area contributed by atoms with Crippen LogP contribution in [0.5, 0.6) is 5.75 Å². The Bertz CT molecular complexity index is 526. The van der Waals surface area contributed by atoms with Crippen molar-refractivity contribution >= 4 is 13.3 Å². The summed E-state index contributed by atoms with van der Waals surface area (Å²) >= 11 is 0. The number of hydrogen-bond donors (Lipinski definition) is 0. The smallest absolute Gasteiger partial charge is 0.118 e. The van der Waals surface area contributed by atoms with Gasteiger partial charge in [0.05, 0.1) is 7.11 Å². The van der Waals surface area contributed by atoms with Gasteiger partial charge in [0.2, 0.25) is 0 Å². The van der Waals surface area contributed by atoms with E-state index < -0.39 is 8.07 Å². The Morgan fingerprint density at radius 2 is 1.95 bits per heavy atom. The van der Waals surface area contributed by atoms with Gasteiger partial charge in [0.1, 0.15) is 13.8 Å². The lowest BCUT2D eigenvalue weighted by Crippen LogP contribution is -2.44. The first-order valence-electron chi connectivity index (χ1n) is 7.63. The SMILES string of the molecule is CCCCC1=C([Si](C)(C)c2ccccc2OC)CC=C1. The second kappa shape index (κ2) is 6.44. The van der Waals surface area contributed by atoms with Crippen LogP contribution < -0.4 is 9.92 Å². The summed E-state index contributed by atoms with van der Waals surface area (Å²) in [7, 11) is 0.148. The zero-order valence-electron chi connectivity index (χ0n) is 13.2. The maximum Gasteiger partial charge on any atom is 0.118 e. The number of ether oxygens (including phenoxy) is 1. The van der Waals surface area contributed by atoms with Crippen LogP contribution in [0.15, 0.2) is 47.2 Å². The van der Waals surface area contributed by atoms with Crippen molar-refractivity contribution in [2.75, 3.05) is 7.11 Å². The Labute approximate surface area is 124 Å². The number of para-hydroxylation sites is 1. The standard InChI is InChI=1S/C18H26OSi/c1-5-6-10-15-11-9-14-17(15)20(3,4)18-13-8-7-12-16(18)19-2/h7-9,11-13H,5-6,10,14H2,1-4H3. The van der Waals surface area contributed by atoms with E-state index >= 15 is 0 Å². The largest absolute Gasteiger partial charge is 0.497 e. The summed E-state index contributed by atoms with van der Waals surface area (Å²) in [6, 6.07) is 8.56. The Morgan fingerprint density at radius 1 is 1.20 bits per heavy atom. The maximum atomic E-state index is 5.60. The highest BCUT2D eigenvalue weighted by Gasteiger charge is 2.33. The molecule has 0 spiro atoms. The minimum absolute atomic E-state index is 1.05. The Hall–Kier alpha value is -1.28. The first-order chi connectivity index (χ1) is 9.61. The molecule has 1 aliphatic rings. The molecule has 1 aliphatic carbocycles. The van der Waals surface area contributed by atoms with E-state index in [1.165, 1.54) is 24.4 Å². The zero-order chi connectivity index (χ0) is 14.6. The lowest BCUT2D eigenvalue weighted by Gasteiger charge is -2.28. The summed E-state index contributed by atoms with van der Waals surface area (Å²) in [5.74, 6) is 1.05.